The summed E-state index contributed by atoms with van der Waals surface area (Å²) in [6.07, 6.45) is 7.57. The van der Waals surface area contributed by atoms with Crippen LogP contribution >= 0.6 is 0 Å². The molecular weight excluding hydrogens is 491 g/mol. The molecule has 0 unspecified atom stereocenters. The first-order valence-corrected chi connectivity index (χ1v) is 11.5. The molecule has 0 bridgehead atoms. The number of aryl methyl sites for hydroxylation is 1. The van der Waals surface area contributed by atoms with Crippen molar-refractivity contribution in [3.05, 3.63) is 101 Å². The molecule has 9 heteroatoms. The predicted molar refractivity (Wildman–Crippen MR) is 127 cm³/mol. The van der Waals surface area contributed by atoms with Crippen molar-refractivity contribution in [3.8, 4) is 28.3 Å². The summed E-state index contributed by atoms with van der Waals surface area (Å²) in [6.45, 7) is 2.12. The first-order valence-electron chi connectivity index (χ1n) is 11.5. The fourth-order valence-electron chi connectivity index (χ4n) is 3.70. The second-order valence-electron chi connectivity index (χ2n) is 8.35. The zero-order valence-corrected chi connectivity index (χ0v) is 19.7. The molecule has 4 aromatic rings. The highest BCUT2D eigenvalue weighted by Crippen LogP contribution is 2.29. The molecule has 190 valence electrons. The number of ether oxygens (including phenoxy) is 1. The van der Waals surface area contributed by atoms with Gasteiger partial charge in [0.05, 0.1) is 5.56 Å². The Balaban J connectivity index is 1.51. The van der Waals surface area contributed by atoms with E-state index < -0.39 is 46.4 Å². The van der Waals surface area contributed by atoms with Crippen molar-refractivity contribution in [1.29, 1.82) is 0 Å². The van der Waals surface area contributed by atoms with E-state index in [0.29, 0.717) is 23.5 Å². The van der Waals surface area contributed by atoms with Gasteiger partial charge in [0.25, 0.3) is 0 Å². The number of carbonyl (C=O) groups excluding carboxylic acids is 1. The number of hydrogen-bond donors (Lipinski definition) is 0. The number of hydrogen-bond acceptors (Lipinski definition) is 4. The van der Waals surface area contributed by atoms with E-state index in [0.717, 1.165) is 43.4 Å². The summed E-state index contributed by atoms with van der Waals surface area (Å²) in [7, 11) is 0. The lowest BCUT2D eigenvalue weighted by Crippen LogP contribution is -2.11. The molecule has 37 heavy (non-hydrogen) atoms. The third-order valence-corrected chi connectivity index (χ3v) is 5.67. The maximum atomic E-state index is 14.9. The van der Waals surface area contributed by atoms with E-state index in [1.165, 1.54) is 18.2 Å². The molecule has 0 atom stereocenters. The van der Waals surface area contributed by atoms with Crippen LogP contribution in [0.4, 0.5) is 22.0 Å². The van der Waals surface area contributed by atoms with Crippen molar-refractivity contribution in [1.82, 2.24) is 9.97 Å². The molecule has 1 heterocycles. The first kappa shape index (κ1) is 25.9. The van der Waals surface area contributed by atoms with Gasteiger partial charge in [0, 0.05) is 35.7 Å². The molecule has 1 aromatic heterocycles. The fourth-order valence-corrected chi connectivity index (χ4v) is 3.70. The van der Waals surface area contributed by atoms with Gasteiger partial charge in [-0.25, -0.2) is 36.7 Å². The SMILES string of the molecule is CCCCCc1cnc(-c2ccc(-c3ccc(C(=O)Oc4cc(F)c(F)c(F)c4)c(F)c3)c(F)c2)nc1. The van der Waals surface area contributed by atoms with Gasteiger partial charge in [-0.1, -0.05) is 38.0 Å². The monoisotopic (exact) mass is 512 g/mol. The van der Waals surface area contributed by atoms with Crippen molar-refractivity contribution in [2.24, 2.45) is 0 Å². The number of unbranched alkanes of at least 4 members (excludes halogenated alkanes) is 2. The van der Waals surface area contributed by atoms with Crippen LogP contribution in [0.25, 0.3) is 22.5 Å². The highest BCUT2D eigenvalue weighted by atomic mass is 19.2. The van der Waals surface area contributed by atoms with Gasteiger partial charge in [-0.2, -0.15) is 0 Å². The minimum atomic E-state index is -1.73. The molecule has 3 aromatic carbocycles. The summed E-state index contributed by atoms with van der Waals surface area (Å²) in [5, 5.41) is 0. The molecule has 0 spiro atoms. The molecule has 0 amide bonds. The third kappa shape index (κ3) is 5.99. The quantitative estimate of drug-likeness (QED) is 0.0809. The van der Waals surface area contributed by atoms with E-state index in [1.807, 2.05) is 0 Å². The topological polar surface area (TPSA) is 52.1 Å². The third-order valence-electron chi connectivity index (χ3n) is 5.67. The lowest BCUT2D eigenvalue weighted by Gasteiger charge is -2.09. The largest absolute Gasteiger partial charge is 0.423 e. The normalized spacial score (nSPS) is 11.0. The average molecular weight is 512 g/mol. The average Bonchev–Trinajstić information content (AvgIpc) is 2.87. The zero-order valence-electron chi connectivity index (χ0n) is 19.7. The van der Waals surface area contributed by atoms with Gasteiger partial charge in [0.15, 0.2) is 23.3 Å². The number of halogens is 5. The van der Waals surface area contributed by atoms with E-state index in [4.69, 9.17) is 4.74 Å². The molecule has 0 saturated heterocycles. The van der Waals surface area contributed by atoms with Crippen LogP contribution in [0.2, 0.25) is 0 Å². The van der Waals surface area contributed by atoms with E-state index in [1.54, 1.807) is 18.5 Å². The molecule has 4 nitrogen and oxygen atoms in total. The highest BCUT2D eigenvalue weighted by molar-refractivity contribution is 5.92. The van der Waals surface area contributed by atoms with Crippen molar-refractivity contribution in [2.45, 2.75) is 32.6 Å². The van der Waals surface area contributed by atoms with Crippen molar-refractivity contribution >= 4 is 5.97 Å². The second-order valence-corrected chi connectivity index (χ2v) is 8.35. The van der Waals surface area contributed by atoms with Crippen LogP contribution < -0.4 is 4.74 Å². The molecule has 0 aliphatic rings. The van der Waals surface area contributed by atoms with Gasteiger partial charge < -0.3 is 4.74 Å². The van der Waals surface area contributed by atoms with Gasteiger partial charge in [0.2, 0.25) is 0 Å². The Morgan fingerprint density at radius 2 is 1.43 bits per heavy atom. The van der Waals surface area contributed by atoms with E-state index in [-0.39, 0.29) is 11.1 Å². The van der Waals surface area contributed by atoms with Crippen LogP contribution in [0.1, 0.15) is 42.1 Å². The van der Waals surface area contributed by atoms with Gasteiger partial charge in [-0.3, -0.25) is 0 Å². The lowest BCUT2D eigenvalue weighted by molar-refractivity contribution is 0.0728. The molecule has 0 radical (unpaired) electrons. The zero-order chi connectivity index (χ0) is 26.5. The Bertz CT molecular complexity index is 1420. The lowest BCUT2D eigenvalue weighted by atomic mass is 10.0. The Labute approximate surface area is 209 Å². The number of esters is 1. The molecule has 0 fully saturated rings. The number of carbonyl (C=O) groups is 1. The maximum absolute atomic E-state index is 14.9. The van der Waals surface area contributed by atoms with Crippen LogP contribution in [0.15, 0.2) is 60.9 Å². The summed E-state index contributed by atoms with van der Waals surface area (Å²) in [5.74, 6) is -8.10. The molecule has 4 rings (SSSR count). The van der Waals surface area contributed by atoms with Crippen LogP contribution in [0.5, 0.6) is 5.75 Å². The highest BCUT2D eigenvalue weighted by Gasteiger charge is 2.19. The van der Waals surface area contributed by atoms with Crippen molar-refractivity contribution in [2.75, 3.05) is 0 Å². The van der Waals surface area contributed by atoms with Gasteiger partial charge >= 0.3 is 5.97 Å². The minimum Gasteiger partial charge on any atom is -0.423 e. The molecular formula is C28H21F5N2O2. The Morgan fingerprint density at radius 1 is 0.784 bits per heavy atom. The summed E-state index contributed by atoms with van der Waals surface area (Å²) in [5.41, 5.74) is 1.10. The Morgan fingerprint density at radius 3 is 2.05 bits per heavy atom. The van der Waals surface area contributed by atoms with Crippen LogP contribution in [-0.2, 0) is 6.42 Å². The molecule has 0 aliphatic carbocycles. The van der Waals surface area contributed by atoms with Crippen molar-refractivity contribution in [3.63, 3.8) is 0 Å². The smallest absolute Gasteiger partial charge is 0.346 e. The Hall–Kier alpha value is -4.14. The van der Waals surface area contributed by atoms with Crippen LogP contribution in [-0.4, -0.2) is 15.9 Å². The number of rotatable bonds is 8. The Kier molecular flexibility index (Phi) is 7.91. The number of nitrogens with zero attached hydrogens (tertiary/aromatic N) is 2. The first-order chi connectivity index (χ1) is 17.8. The summed E-state index contributed by atoms with van der Waals surface area (Å²) in [4.78, 5) is 20.9. The minimum absolute atomic E-state index is 0.0708. The fraction of sp³-hybridized carbons (Fsp3) is 0.179. The molecule has 0 N–H and O–H groups in total. The van der Waals surface area contributed by atoms with Crippen LogP contribution in [0, 0.1) is 29.1 Å². The van der Waals surface area contributed by atoms with Gasteiger partial charge in [-0.05, 0) is 42.2 Å². The van der Waals surface area contributed by atoms with Gasteiger partial charge in [0.1, 0.15) is 17.4 Å². The summed E-state index contributed by atoms with van der Waals surface area (Å²) >= 11 is 0. The number of benzene rings is 3. The summed E-state index contributed by atoms with van der Waals surface area (Å²) < 4.78 is 74.1. The van der Waals surface area contributed by atoms with Crippen LogP contribution in [0.3, 0.4) is 0 Å². The molecule has 0 saturated carbocycles. The maximum Gasteiger partial charge on any atom is 0.346 e. The van der Waals surface area contributed by atoms with Crippen molar-refractivity contribution < 1.29 is 31.5 Å². The molecule has 0 aliphatic heterocycles. The van der Waals surface area contributed by atoms with E-state index in [2.05, 4.69) is 16.9 Å². The second kappa shape index (κ2) is 11.3. The van der Waals surface area contributed by atoms with Gasteiger partial charge in [-0.15, -0.1) is 0 Å². The number of aromatic nitrogens is 2. The van der Waals surface area contributed by atoms with E-state index >= 15 is 0 Å². The summed E-state index contributed by atoms with van der Waals surface area (Å²) in [6, 6.07) is 8.48. The standard InChI is InChI=1S/C28H21F5N2O2/c1-2-3-4-5-16-14-34-27(35-15-16)18-7-8-20(22(29)11-18)17-6-9-21(23(30)10-17)28(36)37-19-12-24(31)26(33)25(32)13-19/h6-15H,2-5H2,1H3. The predicted octanol–water partition coefficient (Wildman–Crippen LogP) is 7.46. The van der Waals surface area contributed by atoms with E-state index in [9.17, 15) is 26.7 Å².